The molecule has 3 unspecified atom stereocenters. The highest BCUT2D eigenvalue weighted by Crippen LogP contribution is 2.25. The maximum absolute atomic E-state index is 6.21. The first kappa shape index (κ1) is 15.2. The van der Waals surface area contributed by atoms with Crippen molar-refractivity contribution in [2.24, 2.45) is 5.73 Å². The van der Waals surface area contributed by atoms with E-state index >= 15 is 0 Å². The molecule has 0 aromatic heterocycles. The molecule has 0 aliphatic rings. The van der Waals surface area contributed by atoms with Crippen LogP contribution in [0.3, 0.4) is 0 Å². The third kappa shape index (κ3) is 4.43. The fourth-order valence-electron chi connectivity index (χ4n) is 2.12. The molecule has 18 heavy (non-hydrogen) atoms. The van der Waals surface area contributed by atoms with Gasteiger partial charge in [0.05, 0.1) is 12.2 Å². The SMILES string of the molecule is CCCC(C)OC(c1ccc(C)cc1)C(N)CC. The topological polar surface area (TPSA) is 35.2 Å². The van der Waals surface area contributed by atoms with Gasteiger partial charge in [0.1, 0.15) is 0 Å². The largest absolute Gasteiger partial charge is 0.369 e. The average molecular weight is 249 g/mol. The molecule has 1 aromatic rings. The third-order valence-corrected chi connectivity index (χ3v) is 3.34. The lowest BCUT2D eigenvalue weighted by atomic mass is 9.99. The highest BCUT2D eigenvalue weighted by Gasteiger charge is 2.21. The normalized spacial score (nSPS) is 16.3. The molecule has 3 atom stereocenters. The Hall–Kier alpha value is -0.860. The molecule has 0 bridgehead atoms. The van der Waals surface area contributed by atoms with Crippen LogP contribution in [0.25, 0.3) is 0 Å². The van der Waals surface area contributed by atoms with Crippen LogP contribution >= 0.6 is 0 Å². The monoisotopic (exact) mass is 249 g/mol. The van der Waals surface area contributed by atoms with Crippen LogP contribution in [-0.4, -0.2) is 12.1 Å². The maximum atomic E-state index is 6.21. The number of ether oxygens (including phenoxy) is 1. The van der Waals surface area contributed by atoms with Crippen LogP contribution in [0.2, 0.25) is 0 Å². The minimum atomic E-state index is 0.0112. The minimum absolute atomic E-state index is 0.0112. The summed E-state index contributed by atoms with van der Waals surface area (Å²) in [6.45, 7) is 8.52. The van der Waals surface area contributed by atoms with Crippen molar-refractivity contribution in [2.45, 2.75) is 65.2 Å². The molecular weight excluding hydrogens is 222 g/mol. The van der Waals surface area contributed by atoms with Crippen molar-refractivity contribution in [1.29, 1.82) is 0 Å². The highest BCUT2D eigenvalue weighted by atomic mass is 16.5. The second kappa shape index (κ2) is 7.55. The lowest BCUT2D eigenvalue weighted by molar-refractivity contribution is -0.0222. The average Bonchev–Trinajstić information content (AvgIpc) is 2.36. The van der Waals surface area contributed by atoms with E-state index < -0.39 is 0 Å². The van der Waals surface area contributed by atoms with Crippen LogP contribution in [0.5, 0.6) is 0 Å². The zero-order valence-corrected chi connectivity index (χ0v) is 12.1. The van der Waals surface area contributed by atoms with E-state index in [4.69, 9.17) is 10.5 Å². The van der Waals surface area contributed by atoms with E-state index in [0.29, 0.717) is 0 Å². The molecule has 0 amide bonds. The Morgan fingerprint density at radius 2 is 1.78 bits per heavy atom. The Kier molecular flexibility index (Phi) is 6.37. The van der Waals surface area contributed by atoms with Gasteiger partial charge in [-0.05, 0) is 32.3 Å². The second-order valence-electron chi connectivity index (χ2n) is 5.14. The quantitative estimate of drug-likeness (QED) is 0.793. The summed E-state index contributed by atoms with van der Waals surface area (Å²) in [5.41, 5.74) is 8.67. The molecule has 2 heteroatoms. The summed E-state index contributed by atoms with van der Waals surface area (Å²) in [7, 11) is 0. The standard InChI is InChI=1S/C16H27NO/c1-5-7-13(4)18-16(15(17)6-2)14-10-8-12(3)9-11-14/h8-11,13,15-16H,5-7,17H2,1-4H3. The fraction of sp³-hybridized carbons (Fsp3) is 0.625. The summed E-state index contributed by atoms with van der Waals surface area (Å²) in [6, 6.07) is 8.58. The Labute approximate surface area is 112 Å². The summed E-state index contributed by atoms with van der Waals surface area (Å²) >= 11 is 0. The first-order valence-electron chi connectivity index (χ1n) is 7.06. The van der Waals surface area contributed by atoms with Gasteiger partial charge in [-0.1, -0.05) is 50.1 Å². The predicted octanol–water partition coefficient (Wildman–Crippen LogP) is 3.98. The minimum Gasteiger partial charge on any atom is -0.369 e. The van der Waals surface area contributed by atoms with Crippen LogP contribution in [0.15, 0.2) is 24.3 Å². The molecule has 0 heterocycles. The number of aryl methyl sites for hydroxylation is 1. The van der Waals surface area contributed by atoms with Crippen molar-refractivity contribution in [3.05, 3.63) is 35.4 Å². The van der Waals surface area contributed by atoms with Gasteiger partial charge >= 0.3 is 0 Å². The van der Waals surface area contributed by atoms with E-state index in [1.165, 1.54) is 11.1 Å². The van der Waals surface area contributed by atoms with Gasteiger partial charge < -0.3 is 10.5 Å². The molecule has 0 aliphatic carbocycles. The summed E-state index contributed by atoms with van der Waals surface area (Å²) in [5, 5.41) is 0. The zero-order valence-electron chi connectivity index (χ0n) is 12.1. The Balaban J connectivity index is 2.80. The van der Waals surface area contributed by atoms with E-state index in [0.717, 1.165) is 19.3 Å². The fourth-order valence-corrected chi connectivity index (χ4v) is 2.12. The zero-order chi connectivity index (χ0) is 13.5. The lowest BCUT2D eigenvalue weighted by Gasteiger charge is -2.27. The van der Waals surface area contributed by atoms with Crippen molar-refractivity contribution in [2.75, 3.05) is 0 Å². The molecule has 0 saturated heterocycles. The first-order chi connectivity index (χ1) is 8.58. The van der Waals surface area contributed by atoms with Crippen LogP contribution in [-0.2, 0) is 4.74 Å². The number of hydrogen-bond acceptors (Lipinski definition) is 2. The molecule has 2 N–H and O–H groups in total. The van der Waals surface area contributed by atoms with Gasteiger partial charge in [-0.25, -0.2) is 0 Å². The Bertz CT molecular complexity index is 333. The first-order valence-corrected chi connectivity index (χ1v) is 7.06. The lowest BCUT2D eigenvalue weighted by Crippen LogP contribution is -2.31. The van der Waals surface area contributed by atoms with Crippen LogP contribution in [0.4, 0.5) is 0 Å². The molecule has 2 nitrogen and oxygen atoms in total. The van der Waals surface area contributed by atoms with Gasteiger partial charge in [-0.2, -0.15) is 0 Å². The smallest absolute Gasteiger partial charge is 0.0979 e. The van der Waals surface area contributed by atoms with Crippen LogP contribution < -0.4 is 5.73 Å². The van der Waals surface area contributed by atoms with Gasteiger partial charge in [0.25, 0.3) is 0 Å². The molecule has 0 spiro atoms. The van der Waals surface area contributed by atoms with E-state index in [9.17, 15) is 0 Å². The highest BCUT2D eigenvalue weighted by molar-refractivity contribution is 5.24. The Morgan fingerprint density at radius 3 is 2.28 bits per heavy atom. The summed E-state index contributed by atoms with van der Waals surface area (Å²) in [4.78, 5) is 0. The predicted molar refractivity (Wildman–Crippen MR) is 77.6 cm³/mol. The molecular formula is C16H27NO. The van der Waals surface area contributed by atoms with Gasteiger partial charge in [0.2, 0.25) is 0 Å². The van der Waals surface area contributed by atoms with Crippen molar-refractivity contribution in [1.82, 2.24) is 0 Å². The van der Waals surface area contributed by atoms with Crippen molar-refractivity contribution < 1.29 is 4.74 Å². The third-order valence-electron chi connectivity index (χ3n) is 3.34. The molecule has 102 valence electrons. The van der Waals surface area contributed by atoms with Crippen molar-refractivity contribution in [3.63, 3.8) is 0 Å². The van der Waals surface area contributed by atoms with E-state index in [-0.39, 0.29) is 18.2 Å². The van der Waals surface area contributed by atoms with Crippen molar-refractivity contribution >= 4 is 0 Å². The number of benzene rings is 1. The molecule has 0 fully saturated rings. The molecule has 0 saturated carbocycles. The molecule has 1 rings (SSSR count). The summed E-state index contributed by atoms with van der Waals surface area (Å²) in [6.07, 6.45) is 3.43. The maximum Gasteiger partial charge on any atom is 0.0979 e. The Morgan fingerprint density at radius 1 is 1.17 bits per heavy atom. The number of rotatable bonds is 7. The summed E-state index contributed by atoms with van der Waals surface area (Å²) < 4.78 is 6.14. The number of nitrogens with two attached hydrogens (primary N) is 1. The van der Waals surface area contributed by atoms with E-state index in [1.807, 2.05) is 0 Å². The molecule has 1 aromatic carbocycles. The number of hydrogen-bond donors (Lipinski definition) is 1. The van der Waals surface area contributed by atoms with Crippen LogP contribution in [0.1, 0.15) is 57.3 Å². The van der Waals surface area contributed by atoms with E-state index in [1.54, 1.807) is 0 Å². The molecule has 0 aliphatic heterocycles. The van der Waals surface area contributed by atoms with Gasteiger partial charge in [0.15, 0.2) is 0 Å². The molecule has 0 radical (unpaired) electrons. The van der Waals surface area contributed by atoms with E-state index in [2.05, 4.69) is 52.0 Å². The summed E-state index contributed by atoms with van der Waals surface area (Å²) in [5.74, 6) is 0. The second-order valence-corrected chi connectivity index (χ2v) is 5.14. The van der Waals surface area contributed by atoms with Gasteiger partial charge in [-0.3, -0.25) is 0 Å². The van der Waals surface area contributed by atoms with Gasteiger partial charge in [-0.15, -0.1) is 0 Å². The van der Waals surface area contributed by atoms with Crippen LogP contribution in [0, 0.1) is 6.92 Å². The van der Waals surface area contributed by atoms with Crippen molar-refractivity contribution in [3.8, 4) is 0 Å². The van der Waals surface area contributed by atoms with Gasteiger partial charge in [0, 0.05) is 6.04 Å².